The molecule has 0 aliphatic carbocycles. The molecule has 0 amide bonds. The van der Waals surface area contributed by atoms with Crippen LogP contribution in [0.1, 0.15) is 38.3 Å². The summed E-state index contributed by atoms with van der Waals surface area (Å²) in [5, 5.41) is 3.44. The highest BCUT2D eigenvalue weighted by molar-refractivity contribution is 6.02. The molecule has 2 rings (SSSR count). The molecule has 3 nitrogen and oxygen atoms in total. The first kappa shape index (κ1) is 22.4. The number of aliphatic imine (C=N–C) groups is 1. The quantitative estimate of drug-likeness (QED) is 0.636. The van der Waals surface area contributed by atoms with Gasteiger partial charge in [-0.3, -0.25) is 4.99 Å². The number of halogens is 3. The van der Waals surface area contributed by atoms with E-state index in [4.69, 9.17) is 0 Å². The van der Waals surface area contributed by atoms with Crippen LogP contribution < -0.4 is 5.32 Å². The Morgan fingerprint density at radius 1 is 1.14 bits per heavy atom. The predicted molar refractivity (Wildman–Crippen MR) is 110 cm³/mol. The number of benzene rings is 1. The molecule has 0 aromatic heterocycles. The molecule has 0 saturated heterocycles. The summed E-state index contributed by atoms with van der Waals surface area (Å²) in [5.74, 6) is 0.140. The minimum absolute atomic E-state index is 0.140. The highest BCUT2D eigenvalue weighted by Crippen LogP contribution is 2.29. The van der Waals surface area contributed by atoms with Gasteiger partial charge in [0, 0.05) is 31.8 Å². The molecule has 28 heavy (non-hydrogen) atoms. The van der Waals surface area contributed by atoms with Crippen molar-refractivity contribution >= 4 is 5.71 Å². The van der Waals surface area contributed by atoms with E-state index >= 15 is 0 Å². The van der Waals surface area contributed by atoms with Crippen LogP contribution in [0.2, 0.25) is 0 Å². The average Bonchev–Trinajstić information content (AvgIpc) is 2.65. The van der Waals surface area contributed by atoms with Crippen LogP contribution in [0.5, 0.6) is 0 Å². The molecule has 1 heterocycles. The molecule has 1 unspecified atom stereocenters. The van der Waals surface area contributed by atoms with Crippen LogP contribution in [0, 0.1) is 5.92 Å². The first-order valence-electron chi connectivity index (χ1n) is 9.89. The van der Waals surface area contributed by atoms with Crippen molar-refractivity contribution < 1.29 is 13.2 Å². The summed E-state index contributed by atoms with van der Waals surface area (Å²) < 4.78 is 38.4. The van der Waals surface area contributed by atoms with E-state index in [1.807, 2.05) is 13.1 Å². The van der Waals surface area contributed by atoms with E-state index in [2.05, 4.69) is 41.2 Å². The molecule has 1 aliphatic heterocycles. The van der Waals surface area contributed by atoms with Crippen molar-refractivity contribution in [3.8, 4) is 0 Å². The Kier molecular flexibility index (Phi) is 8.45. The van der Waals surface area contributed by atoms with Crippen molar-refractivity contribution in [3.05, 3.63) is 59.3 Å². The molecule has 6 heteroatoms. The molecule has 0 saturated carbocycles. The fourth-order valence-electron chi connectivity index (χ4n) is 3.16. The van der Waals surface area contributed by atoms with Crippen molar-refractivity contribution in [2.24, 2.45) is 10.9 Å². The number of hydrogen-bond acceptors (Lipinski definition) is 3. The molecule has 0 spiro atoms. The van der Waals surface area contributed by atoms with E-state index in [0.29, 0.717) is 0 Å². The van der Waals surface area contributed by atoms with E-state index in [1.165, 1.54) is 12.1 Å². The number of nitrogens with zero attached hydrogens (tertiary/aromatic N) is 2. The van der Waals surface area contributed by atoms with Gasteiger partial charge in [0.15, 0.2) is 0 Å². The highest BCUT2D eigenvalue weighted by atomic mass is 19.4. The van der Waals surface area contributed by atoms with Gasteiger partial charge < -0.3 is 10.2 Å². The van der Waals surface area contributed by atoms with E-state index in [-0.39, 0.29) is 5.92 Å². The van der Waals surface area contributed by atoms with Crippen molar-refractivity contribution in [1.29, 1.82) is 0 Å². The van der Waals surface area contributed by atoms with Crippen LogP contribution in [0.3, 0.4) is 0 Å². The topological polar surface area (TPSA) is 27.6 Å². The molecule has 1 aromatic rings. The number of alkyl halides is 3. The zero-order chi connectivity index (χ0) is 20.6. The van der Waals surface area contributed by atoms with E-state index in [9.17, 15) is 13.2 Å². The van der Waals surface area contributed by atoms with Gasteiger partial charge in [0.1, 0.15) is 0 Å². The summed E-state index contributed by atoms with van der Waals surface area (Å²) >= 11 is 0. The smallest absolute Gasteiger partial charge is 0.311 e. The summed E-state index contributed by atoms with van der Waals surface area (Å²) in [6, 6.07) is 5.27. The second-order valence-corrected chi connectivity index (χ2v) is 7.04. The summed E-state index contributed by atoms with van der Waals surface area (Å²) in [7, 11) is 0. The Hall–Kier alpha value is -1.92. The normalized spacial score (nSPS) is 20.9. The van der Waals surface area contributed by atoms with Gasteiger partial charge in [-0.15, -0.1) is 0 Å². The van der Waals surface area contributed by atoms with Gasteiger partial charge >= 0.3 is 6.18 Å². The average molecular weight is 393 g/mol. The van der Waals surface area contributed by atoms with Crippen LogP contribution in [0.4, 0.5) is 13.2 Å². The van der Waals surface area contributed by atoms with Crippen molar-refractivity contribution in [2.75, 3.05) is 32.7 Å². The number of allylic oxidation sites excluding steroid dienone is 1. The van der Waals surface area contributed by atoms with Crippen LogP contribution >= 0.6 is 0 Å². The minimum Gasteiger partial charge on any atom is -0.311 e. The van der Waals surface area contributed by atoms with E-state index in [1.54, 1.807) is 0 Å². The predicted octanol–water partition coefficient (Wildman–Crippen LogP) is 4.91. The van der Waals surface area contributed by atoms with Gasteiger partial charge in [0.05, 0.1) is 11.3 Å². The van der Waals surface area contributed by atoms with Gasteiger partial charge in [-0.1, -0.05) is 45.1 Å². The first-order valence-corrected chi connectivity index (χ1v) is 9.89. The third-order valence-corrected chi connectivity index (χ3v) is 4.99. The maximum absolute atomic E-state index is 12.8. The molecular formula is C22H30F3N3. The summed E-state index contributed by atoms with van der Waals surface area (Å²) in [5.41, 5.74) is 1.99. The Balaban J connectivity index is 2.06. The lowest BCUT2D eigenvalue weighted by Crippen LogP contribution is -2.32. The Morgan fingerprint density at radius 2 is 1.82 bits per heavy atom. The van der Waals surface area contributed by atoms with Gasteiger partial charge in [-0.05, 0) is 42.8 Å². The molecule has 0 radical (unpaired) electrons. The lowest BCUT2D eigenvalue weighted by Gasteiger charge is -2.18. The Bertz CT molecular complexity index is 699. The molecular weight excluding hydrogens is 363 g/mol. The number of likely N-dealkylation sites (N-methyl/N-ethyl adjacent to an activating group) is 1. The third kappa shape index (κ3) is 6.60. The van der Waals surface area contributed by atoms with Crippen LogP contribution in [-0.2, 0) is 6.18 Å². The van der Waals surface area contributed by atoms with Gasteiger partial charge in [0.2, 0.25) is 0 Å². The zero-order valence-corrected chi connectivity index (χ0v) is 16.9. The van der Waals surface area contributed by atoms with E-state index < -0.39 is 11.7 Å². The van der Waals surface area contributed by atoms with Crippen molar-refractivity contribution in [1.82, 2.24) is 10.2 Å². The maximum Gasteiger partial charge on any atom is 0.416 e. The molecule has 1 aliphatic rings. The third-order valence-electron chi connectivity index (χ3n) is 4.99. The Morgan fingerprint density at radius 3 is 2.43 bits per heavy atom. The van der Waals surface area contributed by atoms with Gasteiger partial charge in [0.25, 0.3) is 0 Å². The van der Waals surface area contributed by atoms with Gasteiger partial charge in [-0.25, -0.2) is 0 Å². The standard InChI is InChI=1S/C22H30F3N3/c1-4-28(5-2)14-13-26-15-18-8-6-7-17(3)21(27-16-18)19-9-11-20(12-10-19)22(23,24)25/h6,8-12,16-17,26H,4-5,7,13-15H2,1-3H3/b8-6+,18-16+,27-21?. The van der Waals surface area contributed by atoms with Crippen LogP contribution in [0.25, 0.3) is 0 Å². The molecule has 1 atom stereocenters. The summed E-state index contributed by atoms with van der Waals surface area (Å²) in [6.07, 6.45) is 2.50. The maximum atomic E-state index is 12.8. The van der Waals surface area contributed by atoms with Crippen LogP contribution in [-0.4, -0.2) is 43.3 Å². The summed E-state index contributed by atoms with van der Waals surface area (Å²) in [6.45, 7) is 11.1. The fourth-order valence-corrected chi connectivity index (χ4v) is 3.16. The van der Waals surface area contributed by atoms with Crippen molar-refractivity contribution in [3.63, 3.8) is 0 Å². The molecule has 154 valence electrons. The van der Waals surface area contributed by atoms with Crippen LogP contribution in [0.15, 0.2) is 53.2 Å². The van der Waals surface area contributed by atoms with E-state index in [0.717, 1.165) is 68.1 Å². The first-order chi connectivity index (χ1) is 13.3. The molecule has 1 N–H and O–H groups in total. The largest absolute Gasteiger partial charge is 0.416 e. The Labute approximate surface area is 166 Å². The SMILES string of the molecule is CCN(CC)CCNCC1=C/N=C(c2ccc(C(F)(F)F)cc2)C(C)C\C=C\1. The second kappa shape index (κ2) is 10.6. The molecule has 1 aromatic carbocycles. The number of nitrogens with one attached hydrogen (secondary N) is 1. The molecule has 0 bridgehead atoms. The van der Waals surface area contributed by atoms with Crippen molar-refractivity contribution in [2.45, 2.75) is 33.4 Å². The highest BCUT2D eigenvalue weighted by Gasteiger charge is 2.30. The lowest BCUT2D eigenvalue weighted by atomic mass is 9.93. The number of rotatable bonds is 8. The fraction of sp³-hybridized carbons (Fsp3) is 0.500. The molecule has 0 fully saturated rings. The zero-order valence-electron chi connectivity index (χ0n) is 16.9. The minimum atomic E-state index is -4.32. The number of hydrogen-bond donors (Lipinski definition) is 1. The monoisotopic (exact) mass is 393 g/mol. The lowest BCUT2D eigenvalue weighted by molar-refractivity contribution is -0.137. The van der Waals surface area contributed by atoms with Gasteiger partial charge in [-0.2, -0.15) is 13.2 Å². The summed E-state index contributed by atoms with van der Waals surface area (Å²) in [4.78, 5) is 6.98. The second-order valence-electron chi connectivity index (χ2n) is 7.04.